The Labute approximate surface area is 165 Å². The standard InChI is InChI=1S/C12H15N3O.2C2HF3O2/c1-2-6-14-12(5-1)9-11(15-16-12)10-3-7-13-8-4-10;2*3-2(4,5)1(6)7/h3-4,7-8,14H,1-2,5-6,9H2;2*(H,6,7). The van der Waals surface area contributed by atoms with Crippen LogP contribution in [-0.2, 0) is 14.4 Å². The number of oxime groups is 1. The van der Waals surface area contributed by atoms with Gasteiger partial charge in [0.05, 0.1) is 12.1 Å². The Balaban J connectivity index is 0.000000271. The first-order chi connectivity index (χ1) is 13.8. The highest BCUT2D eigenvalue weighted by molar-refractivity contribution is 6.01. The van der Waals surface area contributed by atoms with Crippen molar-refractivity contribution in [1.29, 1.82) is 0 Å². The molecule has 3 N–H and O–H groups in total. The molecule has 0 aliphatic carbocycles. The first-order valence-corrected chi connectivity index (χ1v) is 8.27. The molecule has 0 saturated carbocycles. The zero-order chi connectivity index (χ0) is 23.0. The summed E-state index contributed by atoms with van der Waals surface area (Å²) < 4.78 is 63.5. The summed E-state index contributed by atoms with van der Waals surface area (Å²) in [6.45, 7) is 1.03. The van der Waals surface area contributed by atoms with Gasteiger partial charge >= 0.3 is 24.3 Å². The zero-order valence-electron chi connectivity index (χ0n) is 15.1. The van der Waals surface area contributed by atoms with E-state index < -0.39 is 24.3 Å². The van der Waals surface area contributed by atoms with E-state index in [4.69, 9.17) is 24.6 Å². The van der Waals surface area contributed by atoms with Crippen LogP contribution < -0.4 is 5.32 Å². The third-order valence-electron chi connectivity index (χ3n) is 3.74. The lowest BCUT2D eigenvalue weighted by molar-refractivity contribution is -0.193. The molecule has 3 rings (SSSR count). The Kier molecular flexibility index (Phi) is 8.57. The topological polar surface area (TPSA) is 121 Å². The first kappa shape index (κ1) is 25.1. The van der Waals surface area contributed by atoms with Crippen LogP contribution in [0.3, 0.4) is 0 Å². The third-order valence-corrected chi connectivity index (χ3v) is 3.74. The molecule has 0 radical (unpaired) electrons. The first-order valence-electron chi connectivity index (χ1n) is 8.27. The van der Waals surface area contributed by atoms with E-state index in [1.54, 1.807) is 12.4 Å². The summed E-state index contributed by atoms with van der Waals surface area (Å²) in [6, 6.07) is 3.95. The van der Waals surface area contributed by atoms with Gasteiger partial charge in [-0.25, -0.2) is 9.59 Å². The quantitative estimate of drug-likeness (QED) is 0.569. The Morgan fingerprint density at radius 2 is 1.50 bits per heavy atom. The highest BCUT2D eigenvalue weighted by Gasteiger charge is 2.40. The third kappa shape index (κ3) is 8.23. The minimum absolute atomic E-state index is 0.225. The number of carboxylic acids is 2. The number of hydrogen-bond acceptors (Lipinski definition) is 6. The van der Waals surface area contributed by atoms with E-state index in [0.717, 1.165) is 30.7 Å². The molecular weight excluding hydrogens is 428 g/mol. The van der Waals surface area contributed by atoms with E-state index in [2.05, 4.69) is 15.5 Å². The minimum Gasteiger partial charge on any atom is -0.475 e. The monoisotopic (exact) mass is 445 g/mol. The smallest absolute Gasteiger partial charge is 0.475 e. The normalized spacial score (nSPS) is 20.7. The van der Waals surface area contributed by atoms with Crippen LogP contribution in [-0.4, -0.2) is 57.5 Å². The van der Waals surface area contributed by atoms with Gasteiger partial charge < -0.3 is 15.1 Å². The van der Waals surface area contributed by atoms with Gasteiger partial charge in [-0.3, -0.25) is 10.3 Å². The van der Waals surface area contributed by atoms with Crippen LogP contribution in [0.15, 0.2) is 29.7 Å². The number of carbonyl (C=O) groups is 2. The summed E-state index contributed by atoms with van der Waals surface area (Å²) in [5, 5.41) is 21.9. The van der Waals surface area contributed by atoms with Crippen molar-refractivity contribution in [2.24, 2.45) is 5.16 Å². The lowest BCUT2D eigenvalue weighted by Gasteiger charge is -2.31. The van der Waals surface area contributed by atoms with E-state index in [9.17, 15) is 26.3 Å². The number of aromatic nitrogens is 1. The van der Waals surface area contributed by atoms with E-state index in [1.807, 2.05) is 12.1 Å². The number of carboxylic acid groups (broad SMARTS) is 2. The molecule has 0 aromatic carbocycles. The summed E-state index contributed by atoms with van der Waals surface area (Å²) in [6.07, 6.45) is -2.24. The van der Waals surface area contributed by atoms with Gasteiger partial charge in [0.2, 0.25) is 0 Å². The molecule has 3 heterocycles. The summed E-state index contributed by atoms with van der Waals surface area (Å²) in [4.78, 5) is 27.4. The molecule has 30 heavy (non-hydrogen) atoms. The summed E-state index contributed by atoms with van der Waals surface area (Å²) in [5.74, 6) is -5.51. The molecule has 1 atom stereocenters. The van der Waals surface area contributed by atoms with Gasteiger partial charge in [0, 0.05) is 24.4 Å². The van der Waals surface area contributed by atoms with Crippen molar-refractivity contribution in [2.45, 2.75) is 43.8 Å². The van der Waals surface area contributed by atoms with Gasteiger partial charge in [-0.05, 0) is 31.5 Å². The molecule has 1 unspecified atom stereocenters. The van der Waals surface area contributed by atoms with Crippen LogP contribution in [0, 0.1) is 0 Å². The molecule has 14 heteroatoms. The van der Waals surface area contributed by atoms with Gasteiger partial charge in [0.1, 0.15) is 0 Å². The van der Waals surface area contributed by atoms with Crippen LogP contribution in [0.25, 0.3) is 0 Å². The van der Waals surface area contributed by atoms with Crippen LogP contribution in [0.2, 0.25) is 0 Å². The van der Waals surface area contributed by atoms with Crippen molar-refractivity contribution in [3.63, 3.8) is 0 Å². The second-order valence-corrected chi connectivity index (χ2v) is 6.03. The summed E-state index contributed by atoms with van der Waals surface area (Å²) >= 11 is 0. The second kappa shape index (κ2) is 10.2. The van der Waals surface area contributed by atoms with Gasteiger partial charge in [-0.15, -0.1) is 0 Å². The number of halogens is 6. The number of nitrogens with one attached hydrogen (secondary N) is 1. The molecule has 2 aliphatic rings. The number of pyridine rings is 1. The molecule has 0 bridgehead atoms. The van der Waals surface area contributed by atoms with Crippen molar-refractivity contribution in [1.82, 2.24) is 10.3 Å². The molecule has 1 spiro atoms. The Morgan fingerprint density at radius 1 is 1.00 bits per heavy atom. The molecule has 8 nitrogen and oxygen atoms in total. The number of piperidine rings is 1. The van der Waals surface area contributed by atoms with E-state index in [1.165, 1.54) is 12.8 Å². The van der Waals surface area contributed by atoms with Crippen LogP contribution in [0.5, 0.6) is 0 Å². The van der Waals surface area contributed by atoms with E-state index >= 15 is 0 Å². The maximum Gasteiger partial charge on any atom is 0.490 e. The molecule has 1 fully saturated rings. The second-order valence-electron chi connectivity index (χ2n) is 6.03. The molecule has 0 amide bonds. The number of rotatable bonds is 1. The van der Waals surface area contributed by atoms with Gasteiger partial charge in [-0.2, -0.15) is 26.3 Å². The molecule has 1 aromatic heterocycles. The van der Waals surface area contributed by atoms with E-state index in [0.29, 0.717) is 0 Å². The van der Waals surface area contributed by atoms with Crippen LogP contribution in [0.1, 0.15) is 31.2 Å². The zero-order valence-corrected chi connectivity index (χ0v) is 15.1. The summed E-state index contributed by atoms with van der Waals surface area (Å²) in [5.41, 5.74) is 1.91. The average Bonchev–Trinajstić information content (AvgIpc) is 3.06. The summed E-state index contributed by atoms with van der Waals surface area (Å²) in [7, 11) is 0. The predicted octanol–water partition coefficient (Wildman–Crippen LogP) is 2.94. The van der Waals surface area contributed by atoms with E-state index in [-0.39, 0.29) is 5.72 Å². The fourth-order valence-electron chi connectivity index (χ4n) is 2.35. The Hall–Kier alpha value is -2.90. The van der Waals surface area contributed by atoms with Crippen molar-refractivity contribution < 1.29 is 51.0 Å². The van der Waals surface area contributed by atoms with Crippen LogP contribution >= 0.6 is 0 Å². The number of nitrogens with zero attached hydrogens (tertiary/aromatic N) is 2. The molecule has 168 valence electrons. The molecular formula is C16H17F6N3O5. The van der Waals surface area contributed by atoms with Crippen molar-refractivity contribution in [2.75, 3.05) is 6.54 Å². The minimum atomic E-state index is -5.08. The van der Waals surface area contributed by atoms with Crippen molar-refractivity contribution in [3.8, 4) is 0 Å². The maximum atomic E-state index is 10.6. The van der Waals surface area contributed by atoms with Gasteiger partial charge in [0.25, 0.3) is 0 Å². The van der Waals surface area contributed by atoms with Gasteiger partial charge in [0.15, 0.2) is 5.72 Å². The number of aliphatic carboxylic acids is 2. The highest BCUT2D eigenvalue weighted by Crippen LogP contribution is 2.31. The van der Waals surface area contributed by atoms with Gasteiger partial charge in [-0.1, -0.05) is 5.16 Å². The fraction of sp³-hybridized carbons (Fsp3) is 0.500. The fourth-order valence-corrected chi connectivity index (χ4v) is 2.35. The largest absolute Gasteiger partial charge is 0.490 e. The highest BCUT2D eigenvalue weighted by atomic mass is 19.4. The molecule has 1 saturated heterocycles. The lowest BCUT2D eigenvalue weighted by Crippen LogP contribution is -2.48. The Bertz CT molecular complexity index is 722. The Morgan fingerprint density at radius 3 is 1.90 bits per heavy atom. The van der Waals surface area contributed by atoms with Crippen molar-refractivity contribution in [3.05, 3.63) is 30.1 Å². The molecule has 2 aliphatic heterocycles. The molecule has 1 aromatic rings. The number of hydrogen-bond donors (Lipinski definition) is 3. The average molecular weight is 445 g/mol. The lowest BCUT2D eigenvalue weighted by atomic mass is 9.94. The number of alkyl halides is 6. The van der Waals surface area contributed by atoms with Crippen molar-refractivity contribution >= 4 is 17.7 Å². The van der Waals surface area contributed by atoms with Crippen LogP contribution in [0.4, 0.5) is 26.3 Å². The predicted molar refractivity (Wildman–Crippen MR) is 88.4 cm³/mol. The maximum absolute atomic E-state index is 10.6. The SMILES string of the molecule is O=C(O)C(F)(F)F.O=C(O)C(F)(F)F.c1cc(C2=NOC3(CCCCN3)C2)ccn1.